The summed E-state index contributed by atoms with van der Waals surface area (Å²) < 4.78 is 4.99. The molecule has 0 radical (unpaired) electrons. The van der Waals surface area contributed by atoms with Gasteiger partial charge in [0.25, 0.3) is 0 Å². The van der Waals surface area contributed by atoms with Crippen LogP contribution in [0.25, 0.3) is 6.08 Å². The minimum absolute atomic E-state index is 0.198. The van der Waals surface area contributed by atoms with Crippen LogP contribution in [-0.2, 0) is 0 Å². The van der Waals surface area contributed by atoms with Crippen LogP contribution in [0.4, 0.5) is 0 Å². The number of hydrogen-bond donors (Lipinski definition) is 0. The zero-order valence-electron chi connectivity index (χ0n) is 7.49. The van der Waals surface area contributed by atoms with Crippen LogP contribution < -0.4 is 9.84 Å². The van der Waals surface area contributed by atoms with Crippen LogP contribution in [0, 0.1) is 0 Å². The van der Waals surface area contributed by atoms with Gasteiger partial charge in [-0.3, -0.25) is 0 Å². The molecule has 1 aromatic rings. The second kappa shape index (κ2) is 4.36. The highest BCUT2D eigenvalue weighted by atomic mass is 16.5. The smallest absolute Gasteiger partial charge is 0.118 e. The zero-order chi connectivity index (χ0) is 9.68. The average Bonchev–Trinajstić information content (AvgIpc) is 2.15. The van der Waals surface area contributed by atoms with E-state index in [4.69, 9.17) is 4.74 Å². The van der Waals surface area contributed by atoms with Crippen molar-refractivity contribution in [2.45, 2.75) is 0 Å². The van der Waals surface area contributed by atoms with Crippen molar-refractivity contribution in [2.24, 2.45) is 0 Å². The first-order valence-electron chi connectivity index (χ1n) is 3.90. The quantitative estimate of drug-likeness (QED) is 0.516. The lowest BCUT2D eigenvalue weighted by atomic mass is 10.2. The first kappa shape index (κ1) is 9.39. The van der Waals surface area contributed by atoms with E-state index in [2.05, 4.69) is 6.58 Å². The fourth-order valence-corrected chi connectivity index (χ4v) is 0.904. The van der Waals surface area contributed by atoms with E-state index in [0.29, 0.717) is 0 Å². The van der Waals surface area contributed by atoms with Crippen molar-refractivity contribution in [3.05, 3.63) is 48.2 Å². The molecule has 0 saturated carbocycles. The molecule has 0 aliphatic heterocycles. The molecule has 0 fully saturated rings. The third-order valence-electron chi connectivity index (χ3n) is 1.58. The third-order valence-corrected chi connectivity index (χ3v) is 1.58. The van der Waals surface area contributed by atoms with Crippen LogP contribution in [0.3, 0.4) is 0 Å². The maximum Gasteiger partial charge on any atom is 0.118 e. The SMILES string of the molecule is C=C([O-])C=Cc1ccc(OC)cc1. The summed E-state index contributed by atoms with van der Waals surface area (Å²) in [5, 5.41) is 10.5. The highest BCUT2D eigenvalue weighted by molar-refractivity contribution is 5.52. The molecule has 68 valence electrons. The van der Waals surface area contributed by atoms with Gasteiger partial charge < -0.3 is 9.84 Å². The highest BCUT2D eigenvalue weighted by Gasteiger charge is 1.88. The Balaban J connectivity index is 2.75. The molecular formula is C11H11O2-. The topological polar surface area (TPSA) is 32.3 Å². The molecule has 13 heavy (non-hydrogen) atoms. The fourth-order valence-electron chi connectivity index (χ4n) is 0.904. The standard InChI is InChI=1S/C11H12O2/c1-9(12)3-4-10-5-7-11(13-2)8-6-10/h3-8,12H,1H2,2H3/p-1. The molecule has 0 atom stereocenters. The monoisotopic (exact) mass is 175 g/mol. The molecule has 0 spiro atoms. The largest absolute Gasteiger partial charge is 0.873 e. The van der Waals surface area contributed by atoms with Gasteiger partial charge >= 0.3 is 0 Å². The number of rotatable bonds is 3. The van der Waals surface area contributed by atoms with Crippen LogP contribution in [0.15, 0.2) is 42.7 Å². The van der Waals surface area contributed by atoms with E-state index < -0.39 is 0 Å². The van der Waals surface area contributed by atoms with E-state index in [1.54, 1.807) is 13.2 Å². The normalized spacial score (nSPS) is 10.2. The highest BCUT2D eigenvalue weighted by Crippen LogP contribution is 2.12. The summed E-state index contributed by atoms with van der Waals surface area (Å²) in [6.07, 6.45) is 3.15. The molecule has 0 amide bonds. The maximum atomic E-state index is 10.5. The minimum atomic E-state index is -0.198. The molecule has 2 heteroatoms. The average molecular weight is 175 g/mol. The molecule has 0 unspecified atom stereocenters. The lowest BCUT2D eigenvalue weighted by Gasteiger charge is -2.01. The molecule has 0 N–H and O–H groups in total. The summed E-state index contributed by atoms with van der Waals surface area (Å²) in [6.45, 7) is 3.24. The van der Waals surface area contributed by atoms with E-state index in [1.807, 2.05) is 24.3 Å². The van der Waals surface area contributed by atoms with E-state index in [0.717, 1.165) is 11.3 Å². The molecule has 0 aliphatic rings. The van der Waals surface area contributed by atoms with Gasteiger partial charge in [0.1, 0.15) is 5.75 Å². The lowest BCUT2D eigenvalue weighted by molar-refractivity contribution is -0.293. The zero-order valence-corrected chi connectivity index (χ0v) is 7.49. The Hall–Kier alpha value is -1.70. The molecule has 1 aromatic carbocycles. The van der Waals surface area contributed by atoms with E-state index in [1.165, 1.54) is 6.08 Å². The van der Waals surface area contributed by atoms with E-state index in [-0.39, 0.29) is 5.76 Å². The van der Waals surface area contributed by atoms with Gasteiger partial charge in [-0.15, -0.1) is 12.3 Å². The van der Waals surface area contributed by atoms with Crippen LogP contribution in [0.2, 0.25) is 0 Å². The van der Waals surface area contributed by atoms with Gasteiger partial charge in [0.2, 0.25) is 0 Å². The second-order valence-corrected chi connectivity index (χ2v) is 2.57. The van der Waals surface area contributed by atoms with Crippen molar-refractivity contribution in [3.8, 4) is 5.75 Å². The Morgan fingerprint density at radius 3 is 2.46 bits per heavy atom. The summed E-state index contributed by atoms with van der Waals surface area (Å²) in [6, 6.07) is 7.43. The molecule has 0 heterocycles. The van der Waals surface area contributed by atoms with Crippen LogP contribution in [-0.4, -0.2) is 7.11 Å². The number of ether oxygens (including phenoxy) is 1. The third kappa shape index (κ3) is 3.03. The van der Waals surface area contributed by atoms with Crippen molar-refractivity contribution >= 4 is 6.08 Å². The van der Waals surface area contributed by atoms with Crippen LogP contribution in [0.1, 0.15) is 5.56 Å². The summed E-state index contributed by atoms with van der Waals surface area (Å²) in [5.41, 5.74) is 0.956. The maximum absolute atomic E-state index is 10.5. The van der Waals surface area contributed by atoms with Crippen LogP contribution >= 0.6 is 0 Å². The first-order valence-corrected chi connectivity index (χ1v) is 3.90. The van der Waals surface area contributed by atoms with Crippen molar-refractivity contribution in [1.82, 2.24) is 0 Å². The lowest BCUT2D eigenvalue weighted by Crippen LogP contribution is -1.95. The Morgan fingerprint density at radius 1 is 1.38 bits per heavy atom. The van der Waals surface area contributed by atoms with E-state index >= 15 is 0 Å². The molecule has 2 nitrogen and oxygen atoms in total. The molecule has 0 aromatic heterocycles. The molecule has 0 bridgehead atoms. The van der Waals surface area contributed by atoms with E-state index in [9.17, 15) is 5.11 Å². The summed E-state index contributed by atoms with van der Waals surface area (Å²) in [4.78, 5) is 0. The summed E-state index contributed by atoms with van der Waals surface area (Å²) >= 11 is 0. The van der Waals surface area contributed by atoms with Gasteiger partial charge in [0.05, 0.1) is 7.11 Å². The molecular weight excluding hydrogens is 164 g/mol. The van der Waals surface area contributed by atoms with Gasteiger partial charge in [0, 0.05) is 0 Å². The predicted molar refractivity (Wildman–Crippen MR) is 51.2 cm³/mol. The van der Waals surface area contributed by atoms with Crippen molar-refractivity contribution in [2.75, 3.05) is 7.11 Å². The van der Waals surface area contributed by atoms with Gasteiger partial charge in [-0.2, -0.15) is 0 Å². The fraction of sp³-hybridized carbons (Fsp3) is 0.0909. The first-order chi connectivity index (χ1) is 6.22. The number of benzene rings is 1. The number of allylic oxidation sites excluding steroid dienone is 1. The van der Waals surface area contributed by atoms with Gasteiger partial charge in [-0.1, -0.05) is 24.3 Å². The van der Waals surface area contributed by atoms with Gasteiger partial charge in [0.15, 0.2) is 0 Å². The minimum Gasteiger partial charge on any atom is -0.873 e. The Labute approximate surface area is 77.8 Å². The van der Waals surface area contributed by atoms with Gasteiger partial charge in [-0.05, 0) is 17.7 Å². The Kier molecular flexibility index (Phi) is 3.15. The molecule has 0 saturated heterocycles. The molecule has 1 rings (SSSR count). The van der Waals surface area contributed by atoms with Crippen molar-refractivity contribution in [1.29, 1.82) is 0 Å². The number of methoxy groups -OCH3 is 1. The molecule has 0 aliphatic carbocycles. The summed E-state index contributed by atoms with van der Waals surface area (Å²) in [7, 11) is 1.62. The van der Waals surface area contributed by atoms with Crippen LogP contribution in [0.5, 0.6) is 5.75 Å². The Bertz CT molecular complexity index is 309. The Morgan fingerprint density at radius 2 is 2.00 bits per heavy atom. The summed E-state index contributed by atoms with van der Waals surface area (Å²) in [5.74, 6) is 0.605. The van der Waals surface area contributed by atoms with Crippen molar-refractivity contribution < 1.29 is 9.84 Å². The second-order valence-electron chi connectivity index (χ2n) is 2.57. The van der Waals surface area contributed by atoms with Gasteiger partial charge in [-0.25, -0.2) is 0 Å². The predicted octanol–water partition coefficient (Wildman–Crippen LogP) is 1.58. The van der Waals surface area contributed by atoms with Crippen molar-refractivity contribution in [3.63, 3.8) is 0 Å². The number of hydrogen-bond acceptors (Lipinski definition) is 2.